The number of carbonyl (C=O) groups is 2. The topological polar surface area (TPSA) is 329 Å². The van der Waals surface area contributed by atoms with Gasteiger partial charge < -0.3 is 88.4 Å². The molecule has 32 heteroatoms. The third-order valence-electron chi connectivity index (χ3n) is 14.7. The second-order valence-corrected chi connectivity index (χ2v) is 29.2. The molecule has 9 aromatic rings. The van der Waals surface area contributed by atoms with Crippen LogP contribution in [0.4, 0.5) is 10.0 Å². The zero-order valence-electron chi connectivity index (χ0n) is 64.0. The van der Waals surface area contributed by atoms with Crippen LogP contribution >= 0.6 is 78.0 Å². The molecule has 0 atom stereocenters. The first-order valence-corrected chi connectivity index (χ1v) is 37.1. The average Bonchev–Trinajstić information content (AvgIpc) is 1.78. The minimum Gasteiger partial charge on any atom is -0.497 e. The van der Waals surface area contributed by atoms with Crippen molar-refractivity contribution in [1.82, 2.24) is 17.5 Å². The van der Waals surface area contributed by atoms with Gasteiger partial charge >= 0.3 is 26.2 Å². The summed E-state index contributed by atoms with van der Waals surface area (Å²) in [6, 6.07) is 27.5. The number of aromatic nitrogens is 4. The summed E-state index contributed by atoms with van der Waals surface area (Å²) in [6.45, 7) is 24.7. The molecule has 24 nitrogen and oxygen atoms in total. The molecule has 0 aliphatic rings. The lowest BCUT2D eigenvalue weighted by atomic mass is 9.77. The Kier molecular flexibility index (Phi) is 42.2. The number of aryl methyl sites for hydroxylation is 2. The number of nitrogen functional groups attached to an aromatic ring is 2. The highest BCUT2D eigenvalue weighted by atomic mass is 79.9. The predicted octanol–water partition coefficient (Wildman–Crippen LogP) is 14.9. The molecule has 0 radical (unpaired) electrons. The van der Waals surface area contributed by atoms with Gasteiger partial charge in [-0.2, -0.15) is 17.5 Å². The smallest absolute Gasteiger partial charge is 0.492 e. The van der Waals surface area contributed by atoms with E-state index >= 15 is 0 Å². The molecule has 4 aromatic heterocycles. The molecule has 0 saturated heterocycles. The Bertz CT molecular complexity index is 3890. The van der Waals surface area contributed by atoms with Gasteiger partial charge in [0, 0.05) is 52.9 Å². The molecule has 5 aromatic carbocycles. The van der Waals surface area contributed by atoms with Crippen molar-refractivity contribution in [3.05, 3.63) is 150 Å². The van der Waals surface area contributed by atoms with E-state index < -0.39 is 26.2 Å². The van der Waals surface area contributed by atoms with Crippen LogP contribution in [0.15, 0.2) is 99.3 Å². The van der Waals surface area contributed by atoms with E-state index in [4.69, 9.17) is 63.6 Å². The van der Waals surface area contributed by atoms with Gasteiger partial charge in [0.2, 0.25) is 0 Å². The van der Waals surface area contributed by atoms with E-state index in [-0.39, 0.29) is 17.5 Å². The lowest BCUT2D eigenvalue weighted by molar-refractivity contribution is 0.0587. The monoisotopic (exact) mass is 1660 g/mol. The van der Waals surface area contributed by atoms with Crippen molar-refractivity contribution in [1.29, 1.82) is 0 Å². The highest BCUT2D eigenvalue weighted by Crippen LogP contribution is 2.41. The van der Waals surface area contributed by atoms with Gasteiger partial charge in [0.15, 0.2) is 11.4 Å². The summed E-state index contributed by atoms with van der Waals surface area (Å²) in [5.74, 6) is 7.86. The van der Waals surface area contributed by atoms with Gasteiger partial charge in [0.1, 0.15) is 67.5 Å². The first kappa shape index (κ1) is 93.2. The summed E-state index contributed by atoms with van der Waals surface area (Å²) in [5.41, 5.74) is 20.2. The number of ether oxygens (including phenoxy) is 12. The Balaban J connectivity index is 0.000000417. The standard InChI is InChI=1S/C16H19NO4S.2C11H17BO4.C11H15BrO2.C11H16O2.C5H6N2O2S.C4H4BrNS.C4H6N2S/c1-9(2)10-6-11(14(20-4)8-13(10)19-3)15-7-12(17-22-15)16(18)21-5;2*1-7(2)8-5-9(12(13)14)11(16-4)6-10(8)15-3;1-7(2)8-5-9(12)11(14-4)6-10(8)13-3;1-8(2)10-6-5-9(12-3)7-11(10)13-4;1-9-5(8)3-2-4(6)10-7-3;2*1-3-2-4(5)7-6-3/h6-9H,1-5H3;2*5-7,13-14H,1-4H3;5-7H,1-4H3;5-8H,1-4H3;2H,6H2,1H3;2H,1H3;2H,5H2,1H3. The number of nitrogens with two attached hydrogens (primary N) is 2. The van der Waals surface area contributed by atoms with Crippen molar-refractivity contribution in [2.45, 2.75) is 113 Å². The summed E-state index contributed by atoms with van der Waals surface area (Å²) in [6.07, 6.45) is 0. The van der Waals surface area contributed by atoms with Crippen LogP contribution in [0.1, 0.15) is 159 Å². The molecule has 9 rings (SSSR count). The lowest BCUT2D eigenvalue weighted by Gasteiger charge is -2.16. The van der Waals surface area contributed by atoms with Crippen molar-refractivity contribution >= 4 is 125 Å². The van der Waals surface area contributed by atoms with Crippen molar-refractivity contribution in [3.8, 4) is 67.9 Å². The molecule has 0 aliphatic carbocycles. The molecule has 8 N–H and O–H groups in total. The van der Waals surface area contributed by atoms with E-state index in [1.54, 1.807) is 87.2 Å². The second kappa shape index (κ2) is 47.6. The molecule has 0 aliphatic heterocycles. The van der Waals surface area contributed by atoms with E-state index in [1.807, 2.05) is 96.1 Å². The number of benzene rings is 5. The fourth-order valence-electron chi connectivity index (χ4n) is 9.21. The van der Waals surface area contributed by atoms with Crippen LogP contribution in [-0.2, 0) is 9.47 Å². The zero-order chi connectivity index (χ0) is 79.5. The van der Waals surface area contributed by atoms with Gasteiger partial charge in [-0.05, 0) is 186 Å². The van der Waals surface area contributed by atoms with Gasteiger partial charge in [-0.3, -0.25) is 0 Å². The normalized spacial score (nSPS) is 10.2. The number of rotatable bonds is 20. The maximum atomic E-state index is 11.6. The van der Waals surface area contributed by atoms with E-state index in [0.717, 1.165) is 92.1 Å². The number of nitrogens with zero attached hydrogens (tertiary/aromatic N) is 4. The van der Waals surface area contributed by atoms with Crippen LogP contribution in [0.25, 0.3) is 10.4 Å². The average molecular weight is 1660 g/mol. The molecule has 0 unspecified atom stereocenters. The highest BCUT2D eigenvalue weighted by molar-refractivity contribution is 9.11. The van der Waals surface area contributed by atoms with E-state index in [1.165, 1.54) is 80.2 Å². The first-order valence-electron chi connectivity index (χ1n) is 32.4. The quantitative estimate of drug-likeness (QED) is 0.0305. The number of methoxy groups -OCH3 is 12. The molecule has 0 spiro atoms. The minimum absolute atomic E-state index is 0.235. The largest absolute Gasteiger partial charge is 0.497 e. The number of halogens is 2. The first-order chi connectivity index (χ1) is 49.6. The van der Waals surface area contributed by atoms with Crippen molar-refractivity contribution in [2.24, 2.45) is 0 Å². The number of esters is 2. The summed E-state index contributed by atoms with van der Waals surface area (Å²) in [4.78, 5) is 23.1. The molecule has 4 heterocycles. The molecular weight excluding hydrogens is 1560 g/mol. The number of hydrogen-bond donors (Lipinski definition) is 6. The Morgan fingerprint density at radius 2 is 0.733 bits per heavy atom. The molecule has 105 heavy (non-hydrogen) atoms. The van der Waals surface area contributed by atoms with Crippen LogP contribution in [0, 0.1) is 13.8 Å². The molecule has 0 saturated carbocycles. The maximum Gasteiger partial charge on any atom is 0.492 e. The van der Waals surface area contributed by atoms with Crippen LogP contribution in [0.2, 0.25) is 0 Å². The van der Waals surface area contributed by atoms with E-state index in [0.29, 0.717) is 68.1 Å². The van der Waals surface area contributed by atoms with Crippen molar-refractivity contribution < 1.29 is 86.5 Å². The summed E-state index contributed by atoms with van der Waals surface area (Å²) in [7, 11) is 15.6. The molecule has 0 bridgehead atoms. The zero-order valence-corrected chi connectivity index (χ0v) is 70.5. The lowest BCUT2D eigenvalue weighted by Crippen LogP contribution is -2.31. The van der Waals surface area contributed by atoms with Crippen molar-refractivity contribution in [2.75, 3.05) is 96.8 Å². The summed E-state index contributed by atoms with van der Waals surface area (Å²) < 4.78 is 79.4. The SMILES string of the molecule is COC(=O)c1cc(-c2cc(C(C)C)c(OC)cc2OC)sn1.COC(=O)c1cc(N)sn1.COc1cc(OC)c(C(C)C)cc1B(O)O.COc1cc(OC)c(C(C)C)cc1B(O)O.COc1cc(OC)c(C(C)C)cc1Br.COc1ccc(C(C)C)c(OC)c1.Cc1cc(Br)sn1.Cc1cc(N)sn1. The summed E-state index contributed by atoms with van der Waals surface area (Å²) in [5, 5.41) is 38.3. The Morgan fingerprint density at radius 1 is 0.381 bits per heavy atom. The number of anilines is 2. The van der Waals surface area contributed by atoms with E-state index in [9.17, 15) is 29.7 Å². The Morgan fingerprint density at radius 3 is 1.05 bits per heavy atom. The third kappa shape index (κ3) is 29.8. The molecule has 0 fully saturated rings. The molecule has 0 amide bonds. The minimum atomic E-state index is -1.54. The van der Waals surface area contributed by atoms with Crippen molar-refractivity contribution in [3.63, 3.8) is 0 Å². The fourth-order valence-corrected chi connectivity index (χ4v) is 12.6. The van der Waals surface area contributed by atoms with Crippen LogP contribution in [0.3, 0.4) is 0 Å². The van der Waals surface area contributed by atoms with Crippen LogP contribution < -0.4 is 69.8 Å². The molecule has 574 valence electrons. The third-order valence-corrected chi connectivity index (χ3v) is 18.8. The van der Waals surface area contributed by atoms with Crippen LogP contribution in [0.5, 0.6) is 57.5 Å². The number of hydrogen-bond acceptors (Lipinski definition) is 28. The van der Waals surface area contributed by atoms with Gasteiger partial charge in [-0.15, -0.1) is 0 Å². The second-order valence-electron chi connectivity index (χ2n) is 23.6. The molecular formula is C73H100B2Br2N6O18S4. The predicted molar refractivity (Wildman–Crippen MR) is 432 cm³/mol. The number of carbonyl (C=O) groups excluding carboxylic acids is 2. The van der Waals surface area contributed by atoms with E-state index in [2.05, 4.69) is 95.6 Å². The van der Waals surface area contributed by atoms with Gasteiger partial charge in [0.05, 0.1) is 110 Å². The highest BCUT2D eigenvalue weighted by Gasteiger charge is 2.24. The van der Waals surface area contributed by atoms with Gasteiger partial charge in [-0.1, -0.05) is 87.4 Å². The fraction of sp³-hybridized carbons (Fsp3) is 0.397. The maximum absolute atomic E-state index is 11.6. The van der Waals surface area contributed by atoms with Gasteiger partial charge in [-0.25, -0.2) is 9.59 Å². The van der Waals surface area contributed by atoms with Crippen LogP contribution in [-0.4, -0.2) is 149 Å². The Hall–Kier alpha value is -7.91. The Labute approximate surface area is 651 Å². The summed E-state index contributed by atoms with van der Waals surface area (Å²) >= 11 is 11.9. The van der Waals surface area contributed by atoms with Gasteiger partial charge in [0.25, 0.3) is 0 Å².